The number of amides is 1. The fraction of sp³-hybridized carbons (Fsp3) is 0.562. The highest BCUT2D eigenvalue weighted by molar-refractivity contribution is 7.97. The number of halogens is 4. The van der Waals surface area contributed by atoms with E-state index in [0.717, 1.165) is 6.07 Å². The lowest BCUT2D eigenvalue weighted by Crippen LogP contribution is -2.57. The van der Waals surface area contributed by atoms with Crippen LogP contribution < -0.4 is 10.6 Å². The summed E-state index contributed by atoms with van der Waals surface area (Å²) in [5.41, 5.74) is 0.515. The molecule has 1 aliphatic heterocycles. The van der Waals surface area contributed by atoms with Crippen LogP contribution in [0.25, 0.3) is 0 Å². The van der Waals surface area contributed by atoms with E-state index in [1.165, 1.54) is 28.8 Å². The molecule has 9 heteroatoms. The van der Waals surface area contributed by atoms with E-state index in [2.05, 4.69) is 10.6 Å². The lowest BCUT2D eigenvalue weighted by atomic mass is 10.1. The number of carbonyl (C=O) groups is 1. The molecule has 0 aliphatic carbocycles. The summed E-state index contributed by atoms with van der Waals surface area (Å²) in [5, 5.41) is 5.34. The molecule has 1 aromatic rings. The van der Waals surface area contributed by atoms with Crippen molar-refractivity contribution in [2.75, 3.05) is 39.0 Å². The van der Waals surface area contributed by atoms with Gasteiger partial charge >= 0.3 is 6.18 Å². The standard InChI is InChI=1S/C16H21F4N3OS/c1-25-10-12-8-11(2-3-13(12)17)15(24)22-9-14(16(18,19)20)23-6-4-21-5-7-23/h2-3,8,14,21H,4-7,9-10H2,1H3,(H,22,24). The van der Waals surface area contributed by atoms with Crippen molar-refractivity contribution >= 4 is 17.7 Å². The van der Waals surface area contributed by atoms with Gasteiger partial charge in [-0.2, -0.15) is 24.9 Å². The molecule has 2 N–H and O–H groups in total. The first kappa shape index (κ1) is 20.0. The van der Waals surface area contributed by atoms with Gasteiger partial charge in [-0.3, -0.25) is 9.69 Å². The number of hydrogen-bond acceptors (Lipinski definition) is 4. The summed E-state index contributed by atoms with van der Waals surface area (Å²) in [6.07, 6.45) is -2.63. The summed E-state index contributed by atoms with van der Waals surface area (Å²) in [4.78, 5) is 13.5. The second kappa shape index (κ2) is 8.86. The van der Waals surface area contributed by atoms with Gasteiger partial charge in [0.1, 0.15) is 11.9 Å². The predicted molar refractivity (Wildman–Crippen MR) is 90.2 cm³/mol. The fourth-order valence-electron chi connectivity index (χ4n) is 2.72. The maximum atomic E-state index is 13.6. The number of benzene rings is 1. The van der Waals surface area contributed by atoms with Crippen LogP contribution in [0.15, 0.2) is 18.2 Å². The maximum absolute atomic E-state index is 13.6. The topological polar surface area (TPSA) is 44.4 Å². The molecular weight excluding hydrogens is 358 g/mol. The largest absolute Gasteiger partial charge is 0.405 e. The average molecular weight is 379 g/mol. The molecule has 0 spiro atoms. The Morgan fingerprint density at radius 2 is 2.04 bits per heavy atom. The van der Waals surface area contributed by atoms with Crippen LogP contribution in [-0.2, 0) is 5.75 Å². The number of nitrogens with zero attached hydrogens (tertiary/aromatic N) is 1. The molecule has 4 nitrogen and oxygen atoms in total. The first-order valence-electron chi connectivity index (χ1n) is 7.90. The van der Waals surface area contributed by atoms with Gasteiger partial charge in [0.25, 0.3) is 5.91 Å². The zero-order chi connectivity index (χ0) is 18.4. The highest BCUT2D eigenvalue weighted by atomic mass is 32.2. The van der Waals surface area contributed by atoms with Gasteiger partial charge in [-0.15, -0.1) is 0 Å². The molecule has 0 aromatic heterocycles. The molecular formula is C16H21F4N3OS. The molecule has 1 unspecified atom stereocenters. The second-order valence-corrected chi connectivity index (χ2v) is 6.66. The smallest absolute Gasteiger partial charge is 0.350 e. The molecule has 1 heterocycles. The Morgan fingerprint density at radius 3 is 2.64 bits per heavy atom. The Hall–Kier alpha value is -1.32. The van der Waals surface area contributed by atoms with Crippen molar-refractivity contribution in [3.8, 4) is 0 Å². The molecule has 2 rings (SSSR count). The summed E-state index contributed by atoms with van der Waals surface area (Å²) in [6.45, 7) is 0.980. The quantitative estimate of drug-likeness (QED) is 0.745. The third kappa shape index (κ3) is 5.58. The van der Waals surface area contributed by atoms with Crippen LogP contribution in [0.5, 0.6) is 0 Å². The van der Waals surface area contributed by atoms with Crippen molar-refractivity contribution in [1.29, 1.82) is 0 Å². The average Bonchev–Trinajstić information content (AvgIpc) is 2.57. The van der Waals surface area contributed by atoms with E-state index in [4.69, 9.17) is 0 Å². The zero-order valence-corrected chi connectivity index (χ0v) is 14.6. The molecule has 1 atom stereocenters. The van der Waals surface area contributed by atoms with Crippen molar-refractivity contribution in [3.05, 3.63) is 35.1 Å². The van der Waals surface area contributed by atoms with Gasteiger partial charge in [0, 0.05) is 44.0 Å². The molecule has 1 amide bonds. The highest BCUT2D eigenvalue weighted by Crippen LogP contribution is 2.25. The Morgan fingerprint density at radius 1 is 1.36 bits per heavy atom. The normalized spacial score (nSPS) is 17.3. The van der Waals surface area contributed by atoms with Gasteiger partial charge in [0.05, 0.1) is 0 Å². The number of nitrogens with one attached hydrogen (secondary N) is 2. The Balaban J connectivity index is 2.04. The van der Waals surface area contributed by atoms with Crippen LogP contribution in [-0.4, -0.2) is 62.0 Å². The van der Waals surface area contributed by atoms with Crippen LogP contribution in [0.2, 0.25) is 0 Å². The lowest BCUT2D eigenvalue weighted by Gasteiger charge is -2.35. The molecule has 140 valence electrons. The van der Waals surface area contributed by atoms with Crippen molar-refractivity contribution in [2.24, 2.45) is 0 Å². The first-order valence-corrected chi connectivity index (χ1v) is 9.29. The summed E-state index contributed by atoms with van der Waals surface area (Å²) in [5.74, 6) is -0.676. The number of hydrogen-bond donors (Lipinski definition) is 2. The molecule has 1 fully saturated rings. The van der Waals surface area contributed by atoms with Gasteiger partial charge in [0.15, 0.2) is 0 Å². The van der Waals surface area contributed by atoms with Crippen molar-refractivity contribution in [1.82, 2.24) is 15.5 Å². The fourth-order valence-corrected chi connectivity index (χ4v) is 3.25. The van der Waals surface area contributed by atoms with E-state index in [0.29, 0.717) is 24.4 Å². The third-order valence-corrected chi connectivity index (χ3v) is 4.63. The summed E-state index contributed by atoms with van der Waals surface area (Å²) >= 11 is 1.40. The first-order chi connectivity index (χ1) is 11.8. The SMILES string of the molecule is CSCc1cc(C(=O)NCC(N2CCNCC2)C(F)(F)F)ccc1F. The minimum absolute atomic E-state index is 0.159. The van der Waals surface area contributed by atoms with E-state index in [1.54, 1.807) is 6.26 Å². The van der Waals surface area contributed by atoms with Crippen molar-refractivity contribution in [2.45, 2.75) is 18.0 Å². The molecule has 25 heavy (non-hydrogen) atoms. The summed E-state index contributed by atoms with van der Waals surface area (Å²) in [7, 11) is 0. The number of thioether (sulfide) groups is 1. The van der Waals surface area contributed by atoms with Crippen molar-refractivity contribution in [3.63, 3.8) is 0 Å². The Kier molecular flexibility index (Phi) is 7.09. The number of piperazine rings is 1. The van der Waals surface area contributed by atoms with E-state index < -0.39 is 30.5 Å². The number of alkyl halides is 3. The Bertz CT molecular complexity index is 591. The lowest BCUT2D eigenvalue weighted by molar-refractivity contribution is -0.183. The minimum atomic E-state index is -4.43. The molecule has 0 saturated carbocycles. The Labute approximate surface area is 148 Å². The van der Waals surface area contributed by atoms with Crippen LogP contribution in [0.4, 0.5) is 17.6 Å². The van der Waals surface area contributed by atoms with Gasteiger partial charge in [-0.25, -0.2) is 4.39 Å². The summed E-state index contributed by atoms with van der Waals surface area (Å²) < 4.78 is 53.6. The van der Waals surface area contributed by atoms with E-state index in [-0.39, 0.29) is 18.7 Å². The van der Waals surface area contributed by atoms with E-state index in [9.17, 15) is 22.4 Å². The minimum Gasteiger partial charge on any atom is -0.350 e. The van der Waals surface area contributed by atoms with Crippen LogP contribution in [0.1, 0.15) is 15.9 Å². The van der Waals surface area contributed by atoms with Crippen LogP contribution >= 0.6 is 11.8 Å². The van der Waals surface area contributed by atoms with Crippen LogP contribution in [0, 0.1) is 5.82 Å². The molecule has 0 radical (unpaired) electrons. The van der Waals surface area contributed by atoms with E-state index >= 15 is 0 Å². The number of rotatable bonds is 6. The monoisotopic (exact) mass is 379 g/mol. The van der Waals surface area contributed by atoms with Gasteiger partial charge < -0.3 is 10.6 Å². The predicted octanol–water partition coefficient (Wildman–Crippen LogP) is 2.25. The van der Waals surface area contributed by atoms with Gasteiger partial charge in [-0.05, 0) is 30.0 Å². The van der Waals surface area contributed by atoms with Crippen molar-refractivity contribution < 1.29 is 22.4 Å². The zero-order valence-electron chi connectivity index (χ0n) is 13.8. The third-order valence-electron chi connectivity index (χ3n) is 4.03. The summed E-state index contributed by atoms with van der Waals surface area (Å²) in [6, 6.07) is 2.10. The van der Waals surface area contributed by atoms with E-state index in [1.807, 2.05) is 0 Å². The van der Waals surface area contributed by atoms with Gasteiger partial charge in [-0.1, -0.05) is 0 Å². The maximum Gasteiger partial charge on any atom is 0.405 e. The second-order valence-electron chi connectivity index (χ2n) is 5.79. The van der Waals surface area contributed by atoms with Crippen LogP contribution in [0.3, 0.4) is 0 Å². The molecule has 1 aromatic carbocycles. The van der Waals surface area contributed by atoms with Gasteiger partial charge in [0.2, 0.25) is 0 Å². The number of carbonyl (C=O) groups excluding carboxylic acids is 1. The highest BCUT2D eigenvalue weighted by Gasteiger charge is 2.43. The molecule has 1 aliphatic rings. The molecule has 0 bridgehead atoms. The molecule has 1 saturated heterocycles.